The minimum Gasteiger partial charge on any atom is -1.00 e. The van der Waals surface area contributed by atoms with Gasteiger partial charge < -0.3 is 22.1 Å². The molecule has 0 atom stereocenters. The summed E-state index contributed by atoms with van der Waals surface area (Å²) in [5.74, 6) is 0.607. The van der Waals surface area contributed by atoms with Crippen LogP contribution in [0.3, 0.4) is 0 Å². The van der Waals surface area contributed by atoms with Crippen molar-refractivity contribution >= 4 is 17.0 Å². The van der Waals surface area contributed by atoms with E-state index >= 15 is 0 Å². The van der Waals surface area contributed by atoms with E-state index in [0.29, 0.717) is 31.9 Å². The molecule has 0 aliphatic heterocycles. The van der Waals surface area contributed by atoms with E-state index in [-0.39, 0.29) is 23.6 Å². The van der Waals surface area contributed by atoms with Crippen molar-refractivity contribution in [3.8, 4) is 0 Å². The maximum absolute atomic E-state index is 9.29. The van der Waals surface area contributed by atoms with Gasteiger partial charge in [-0.25, -0.2) is 10.0 Å². The van der Waals surface area contributed by atoms with Crippen LogP contribution in [0.15, 0.2) is 73.3 Å². The van der Waals surface area contributed by atoms with Gasteiger partial charge in [-0.3, -0.25) is 9.40 Å². The fraction of sp³-hybridized carbons (Fsp3) is 0.227. The van der Waals surface area contributed by atoms with Gasteiger partial charge in [-0.2, -0.15) is 4.98 Å². The van der Waals surface area contributed by atoms with Gasteiger partial charge >= 0.3 is 5.65 Å². The number of aromatic nitrogens is 4. The highest BCUT2D eigenvalue weighted by atomic mass is 79.9. The van der Waals surface area contributed by atoms with Crippen molar-refractivity contribution in [2.45, 2.75) is 26.1 Å². The zero-order valence-corrected chi connectivity index (χ0v) is 18.1. The number of nitrogens with one attached hydrogen (secondary N) is 1. The Labute approximate surface area is 185 Å². The largest absolute Gasteiger partial charge is 1.00 e. The molecule has 0 fully saturated rings. The number of aliphatic hydroxyl groups is 1. The second-order valence-electron chi connectivity index (χ2n) is 6.77. The van der Waals surface area contributed by atoms with Gasteiger partial charge in [0.15, 0.2) is 18.5 Å². The van der Waals surface area contributed by atoms with Gasteiger partial charge in [0.05, 0.1) is 19.7 Å². The highest BCUT2D eigenvalue weighted by Gasteiger charge is 2.21. The molecule has 30 heavy (non-hydrogen) atoms. The van der Waals surface area contributed by atoms with E-state index in [9.17, 15) is 5.11 Å². The Morgan fingerprint density at radius 1 is 0.967 bits per heavy atom. The lowest BCUT2D eigenvalue weighted by molar-refractivity contribution is -0.665. The molecule has 0 saturated carbocycles. The zero-order valence-electron chi connectivity index (χ0n) is 16.5. The average Bonchev–Trinajstić information content (AvgIpc) is 3.12. The van der Waals surface area contributed by atoms with Crippen LogP contribution in [0.4, 0.5) is 5.82 Å². The van der Waals surface area contributed by atoms with Crippen molar-refractivity contribution in [2.24, 2.45) is 0 Å². The average molecular weight is 470 g/mol. The summed E-state index contributed by atoms with van der Waals surface area (Å²) in [6.07, 6.45) is 4.20. The third-order valence-corrected chi connectivity index (χ3v) is 4.64. The lowest BCUT2D eigenvalue weighted by atomic mass is 10.2. The number of nitrogens with zero attached hydrogens (tertiary/aromatic N) is 4. The minimum absolute atomic E-state index is 0. The van der Waals surface area contributed by atoms with Crippen LogP contribution in [0, 0.1) is 0 Å². The number of rotatable bonds is 9. The molecule has 2 N–H and O–H groups in total. The molecule has 0 radical (unpaired) electrons. The molecule has 4 rings (SSSR count). The summed E-state index contributed by atoms with van der Waals surface area (Å²) >= 11 is 0. The quantitative estimate of drug-likeness (QED) is 0.260. The van der Waals surface area contributed by atoms with Crippen molar-refractivity contribution in [3.63, 3.8) is 0 Å². The number of hydrogen-bond acceptors (Lipinski definition) is 5. The van der Waals surface area contributed by atoms with Crippen LogP contribution in [0.5, 0.6) is 0 Å². The maximum Gasteiger partial charge on any atom is 0.307 e. The predicted octanol–water partition coefficient (Wildman–Crippen LogP) is -0.303. The Morgan fingerprint density at radius 3 is 2.37 bits per heavy atom. The van der Waals surface area contributed by atoms with E-state index < -0.39 is 0 Å². The molecule has 2 aromatic carbocycles. The number of aliphatic hydroxyl groups excluding tert-OH is 1. The molecule has 0 unspecified atom stereocenters. The molecule has 0 bridgehead atoms. The first-order chi connectivity index (χ1) is 14.3. The topological polar surface area (TPSA) is 76.1 Å². The van der Waals surface area contributed by atoms with Gasteiger partial charge in [0, 0.05) is 13.0 Å². The van der Waals surface area contributed by atoms with Crippen LogP contribution in [0.1, 0.15) is 17.5 Å². The normalized spacial score (nSPS) is 10.7. The van der Waals surface area contributed by atoms with E-state index in [4.69, 9.17) is 4.84 Å². The van der Waals surface area contributed by atoms with Crippen LogP contribution in [0.2, 0.25) is 0 Å². The molecule has 0 saturated heterocycles. The Kier molecular flexibility index (Phi) is 7.89. The first-order valence-corrected chi connectivity index (χ1v) is 9.65. The van der Waals surface area contributed by atoms with Crippen molar-refractivity contribution in [2.75, 3.05) is 12.1 Å². The first kappa shape index (κ1) is 21.9. The van der Waals surface area contributed by atoms with Gasteiger partial charge in [-0.1, -0.05) is 65.6 Å². The molecule has 0 aliphatic carbocycles. The van der Waals surface area contributed by atoms with Crippen LogP contribution in [-0.2, 0) is 24.5 Å². The second kappa shape index (κ2) is 10.8. The summed E-state index contributed by atoms with van der Waals surface area (Å²) in [5.41, 5.74) is 6.90. The first-order valence-electron chi connectivity index (χ1n) is 9.65. The number of benzene rings is 2. The van der Waals surface area contributed by atoms with Crippen molar-refractivity contribution in [1.82, 2.24) is 14.5 Å². The maximum atomic E-state index is 9.29. The molecule has 0 amide bonds. The highest BCUT2D eigenvalue weighted by molar-refractivity contribution is 5.80. The molecule has 0 aliphatic rings. The number of imidazole rings is 1. The van der Waals surface area contributed by atoms with E-state index in [1.54, 1.807) is 0 Å². The van der Waals surface area contributed by atoms with Crippen molar-refractivity contribution in [3.05, 3.63) is 84.4 Å². The smallest absolute Gasteiger partial charge is 0.307 e. The van der Waals surface area contributed by atoms with E-state index in [0.717, 1.165) is 16.7 Å². The summed E-state index contributed by atoms with van der Waals surface area (Å²) in [6, 6.07) is 20.2. The number of halogens is 1. The number of fused-ring (bicyclic) bond motifs is 1. The van der Waals surface area contributed by atoms with Crippen LogP contribution in [0.25, 0.3) is 11.2 Å². The fourth-order valence-electron chi connectivity index (χ4n) is 3.27. The number of anilines is 1. The third kappa shape index (κ3) is 5.21. The monoisotopic (exact) mass is 469 g/mol. The van der Waals surface area contributed by atoms with E-state index in [1.807, 2.05) is 54.9 Å². The Morgan fingerprint density at radius 2 is 1.67 bits per heavy atom. The number of hydrogen-bond donors (Lipinski definition) is 2. The molecule has 0 spiro atoms. The van der Waals surface area contributed by atoms with Crippen molar-refractivity contribution < 1.29 is 31.5 Å². The highest BCUT2D eigenvalue weighted by Crippen LogP contribution is 2.19. The van der Waals surface area contributed by atoms with Crippen molar-refractivity contribution in [1.29, 1.82) is 0 Å². The SMILES string of the molecule is OCCCn1c[n+](Cc2ccccc2)c2ncnc(NOCc3ccccc3)c21.[Br-]. The fourth-order valence-corrected chi connectivity index (χ4v) is 3.27. The molecule has 2 heterocycles. The van der Waals surface area contributed by atoms with Gasteiger partial charge in [0.25, 0.3) is 0 Å². The molecule has 156 valence electrons. The summed E-state index contributed by atoms with van der Waals surface area (Å²) in [6.45, 7) is 1.91. The van der Waals surface area contributed by atoms with Gasteiger partial charge in [-0.15, -0.1) is 0 Å². The Bertz CT molecular complexity index is 1060. The van der Waals surface area contributed by atoms with Crippen LogP contribution >= 0.6 is 0 Å². The third-order valence-electron chi connectivity index (χ3n) is 4.64. The molecular weight excluding hydrogens is 446 g/mol. The molecule has 8 heteroatoms. The molecule has 4 aromatic rings. The van der Waals surface area contributed by atoms with E-state index in [2.05, 4.69) is 36.7 Å². The standard InChI is InChI=1S/C22H24N5O2.BrH/c28-13-7-12-26-17-27(14-18-8-3-1-4-9-18)22-20(26)21(23-16-24-22)25-29-15-19-10-5-2-6-11-19;/h1-6,8-11,16-17,28H,7,12-15H2,(H,23,24,25);1H/q+1;/p-1. The Balaban J connectivity index is 0.00000256. The number of aryl methyl sites for hydroxylation is 1. The molecule has 2 aromatic heterocycles. The van der Waals surface area contributed by atoms with Crippen LogP contribution in [-0.4, -0.2) is 26.2 Å². The van der Waals surface area contributed by atoms with Gasteiger partial charge in [0.2, 0.25) is 5.52 Å². The molecule has 7 nitrogen and oxygen atoms in total. The summed E-state index contributed by atoms with van der Waals surface area (Å²) in [7, 11) is 0. The summed E-state index contributed by atoms with van der Waals surface area (Å²) in [4.78, 5) is 14.6. The summed E-state index contributed by atoms with van der Waals surface area (Å²) in [5, 5.41) is 9.29. The predicted molar refractivity (Wildman–Crippen MR) is 110 cm³/mol. The van der Waals surface area contributed by atoms with E-state index in [1.165, 1.54) is 11.9 Å². The lowest BCUT2D eigenvalue weighted by Gasteiger charge is -2.07. The molecular formula is C22H24BrN5O2. The van der Waals surface area contributed by atoms with Gasteiger partial charge in [-0.05, 0) is 11.1 Å². The Hall–Kier alpha value is -2.81. The van der Waals surface area contributed by atoms with Crippen LogP contribution < -0.4 is 27.0 Å². The summed E-state index contributed by atoms with van der Waals surface area (Å²) < 4.78 is 4.15. The second-order valence-corrected chi connectivity index (χ2v) is 6.77. The lowest BCUT2D eigenvalue weighted by Crippen LogP contribution is -3.00. The minimum atomic E-state index is 0. The zero-order chi connectivity index (χ0) is 19.9. The van der Waals surface area contributed by atoms with Gasteiger partial charge in [0.1, 0.15) is 0 Å².